The van der Waals surface area contributed by atoms with Gasteiger partial charge in [0.15, 0.2) is 0 Å². The lowest BCUT2D eigenvalue weighted by Gasteiger charge is -2.23. The fourth-order valence-electron chi connectivity index (χ4n) is 1.71. The van der Waals surface area contributed by atoms with Crippen molar-refractivity contribution < 1.29 is 8.42 Å². The molecular weight excluding hydrogens is 316 g/mol. The number of sulfonamides is 1. The molecule has 0 saturated carbocycles. The molecule has 0 fully saturated rings. The zero-order valence-electron chi connectivity index (χ0n) is 11.5. The summed E-state index contributed by atoms with van der Waals surface area (Å²) in [6, 6.07) is 6.14. The molecule has 0 aliphatic carbocycles. The van der Waals surface area contributed by atoms with Crippen LogP contribution >= 0.6 is 23.8 Å². The van der Waals surface area contributed by atoms with E-state index in [2.05, 4.69) is 0 Å². The molecule has 7 heteroatoms. The van der Waals surface area contributed by atoms with Crippen molar-refractivity contribution in [2.24, 2.45) is 11.7 Å². The van der Waals surface area contributed by atoms with E-state index < -0.39 is 10.0 Å². The molecule has 0 aliphatic rings. The number of nitrogens with zero attached hydrogens (tertiary/aromatic N) is 1. The van der Waals surface area contributed by atoms with Crippen LogP contribution in [-0.4, -0.2) is 30.8 Å². The highest BCUT2D eigenvalue weighted by Gasteiger charge is 2.24. The van der Waals surface area contributed by atoms with E-state index >= 15 is 0 Å². The first-order valence-corrected chi connectivity index (χ1v) is 8.50. The Labute approximate surface area is 131 Å². The van der Waals surface area contributed by atoms with Gasteiger partial charge in [-0.3, -0.25) is 0 Å². The van der Waals surface area contributed by atoms with Gasteiger partial charge in [-0.15, -0.1) is 0 Å². The van der Waals surface area contributed by atoms with Crippen LogP contribution in [0.25, 0.3) is 0 Å². The number of nitrogens with two attached hydrogens (primary N) is 1. The summed E-state index contributed by atoms with van der Waals surface area (Å²) in [5, 5.41) is 0.502. The first-order valence-electron chi connectivity index (χ1n) is 6.27. The Balaban J connectivity index is 3.03. The van der Waals surface area contributed by atoms with Crippen LogP contribution in [0.15, 0.2) is 29.2 Å². The van der Waals surface area contributed by atoms with E-state index in [9.17, 15) is 8.42 Å². The van der Waals surface area contributed by atoms with Crippen molar-refractivity contribution in [3.8, 4) is 0 Å². The van der Waals surface area contributed by atoms with Crippen molar-refractivity contribution in [1.29, 1.82) is 0 Å². The lowest BCUT2D eigenvalue weighted by Crippen LogP contribution is -2.36. The number of halogens is 1. The average Bonchev–Trinajstić information content (AvgIpc) is 2.34. The summed E-state index contributed by atoms with van der Waals surface area (Å²) in [6.45, 7) is 4.64. The molecule has 0 bridgehead atoms. The van der Waals surface area contributed by atoms with E-state index in [0.717, 1.165) is 0 Å². The van der Waals surface area contributed by atoms with E-state index in [-0.39, 0.29) is 10.8 Å². The van der Waals surface area contributed by atoms with Crippen molar-refractivity contribution in [1.82, 2.24) is 4.31 Å². The summed E-state index contributed by atoms with van der Waals surface area (Å²) in [5.41, 5.74) is 5.47. The molecule has 0 aromatic heterocycles. The van der Waals surface area contributed by atoms with Crippen LogP contribution < -0.4 is 5.73 Å². The zero-order chi connectivity index (χ0) is 15.3. The van der Waals surface area contributed by atoms with Gasteiger partial charge in [0.1, 0.15) is 0 Å². The second kappa shape index (κ2) is 7.36. The van der Waals surface area contributed by atoms with Crippen LogP contribution in [0.4, 0.5) is 0 Å². The van der Waals surface area contributed by atoms with Gasteiger partial charge in [0.2, 0.25) is 10.0 Å². The normalized spacial score (nSPS) is 12.1. The van der Waals surface area contributed by atoms with Crippen LogP contribution in [0, 0.1) is 5.92 Å². The Kier molecular flexibility index (Phi) is 6.39. The minimum atomic E-state index is -3.55. The number of benzene rings is 1. The summed E-state index contributed by atoms with van der Waals surface area (Å²) in [5.74, 6) is 0.212. The van der Waals surface area contributed by atoms with Gasteiger partial charge in [0.25, 0.3) is 0 Å². The number of hydrogen-bond acceptors (Lipinski definition) is 3. The largest absolute Gasteiger partial charge is 0.393 e. The van der Waals surface area contributed by atoms with Gasteiger partial charge in [-0.25, -0.2) is 8.42 Å². The van der Waals surface area contributed by atoms with Gasteiger partial charge in [0, 0.05) is 24.5 Å². The third-order valence-electron chi connectivity index (χ3n) is 2.63. The minimum absolute atomic E-state index is 0.212. The molecule has 1 rings (SSSR count). The number of rotatable bonds is 7. The zero-order valence-corrected chi connectivity index (χ0v) is 13.9. The van der Waals surface area contributed by atoms with Gasteiger partial charge in [0.05, 0.1) is 9.88 Å². The average molecular weight is 335 g/mol. The van der Waals surface area contributed by atoms with Crippen molar-refractivity contribution in [2.45, 2.75) is 25.2 Å². The molecule has 2 N–H and O–H groups in total. The maximum absolute atomic E-state index is 12.6. The van der Waals surface area contributed by atoms with Crippen molar-refractivity contribution in [3.63, 3.8) is 0 Å². The Morgan fingerprint density at radius 3 is 2.35 bits per heavy atom. The van der Waals surface area contributed by atoms with E-state index in [4.69, 9.17) is 29.6 Å². The molecule has 0 radical (unpaired) electrons. The molecule has 0 aliphatic heterocycles. The third-order valence-corrected chi connectivity index (χ3v) is 4.96. The molecule has 0 atom stereocenters. The van der Waals surface area contributed by atoms with Crippen molar-refractivity contribution >= 4 is 38.8 Å². The Morgan fingerprint density at radius 2 is 1.90 bits per heavy atom. The molecule has 0 unspecified atom stereocenters. The van der Waals surface area contributed by atoms with Crippen molar-refractivity contribution in [2.75, 3.05) is 13.1 Å². The summed E-state index contributed by atoms with van der Waals surface area (Å²) in [6.07, 6.45) is 0.370. The van der Waals surface area contributed by atoms with Crippen LogP contribution in [0.5, 0.6) is 0 Å². The predicted molar refractivity (Wildman–Crippen MR) is 86.5 cm³/mol. The van der Waals surface area contributed by atoms with Gasteiger partial charge in [-0.05, 0) is 30.2 Å². The fourth-order valence-corrected chi connectivity index (χ4v) is 3.53. The minimum Gasteiger partial charge on any atom is -0.393 e. The Hall–Kier alpha value is -0.690. The molecule has 20 heavy (non-hydrogen) atoms. The van der Waals surface area contributed by atoms with Gasteiger partial charge in [-0.1, -0.05) is 37.7 Å². The first-order chi connectivity index (χ1) is 9.23. The van der Waals surface area contributed by atoms with Crippen LogP contribution in [0.3, 0.4) is 0 Å². The second-order valence-corrected chi connectivity index (χ2v) is 7.83. The fraction of sp³-hybridized carbons (Fsp3) is 0.462. The monoisotopic (exact) mass is 334 g/mol. The lowest BCUT2D eigenvalue weighted by molar-refractivity contribution is 0.374. The second-order valence-electron chi connectivity index (χ2n) is 4.93. The Morgan fingerprint density at radius 1 is 1.35 bits per heavy atom. The molecule has 0 spiro atoms. The Bertz CT molecular complexity index is 556. The predicted octanol–water partition coefficient (Wildman–Crippen LogP) is 2.66. The standard InChI is InChI=1S/C13H19ClN2O2S2/c1-10(2)9-16(8-7-13(15)19)20(17,18)12-5-3-11(14)4-6-12/h3-6,10H,7-9H2,1-2H3,(H2,15,19). The smallest absolute Gasteiger partial charge is 0.243 e. The number of hydrogen-bond donors (Lipinski definition) is 1. The molecule has 112 valence electrons. The lowest BCUT2D eigenvalue weighted by atomic mass is 10.2. The van der Waals surface area contributed by atoms with Gasteiger partial charge >= 0.3 is 0 Å². The van der Waals surface area contributed by atoms with Crippen LogP contribution in [-0.2, 0) is 10.0 Å². The summed E-state index contributed by atoms with van der Waals surface area (Å²) < 4.78 is 26.6. The van der Waals surface area contributed by atoms with E-state index in [1.165, 1.54) is 16.4 Å². The van der Waals surface area contributed by atoms with Crippen molar-refractivity contribution in [3.05, 3.63) is 29.3 Å². The first kappa shape index (κ1) is 17.4. The van der Waals surface area contributed by atoms with Gasteiger partial charge in [-0.2, -0.15) is 4.31 Å². The summed E-state index contributed by atoms with van der Waals surface area (Å²) in [4.78, 5) is 0.538. The maximum Gasteiger partial charge on any atom is 0.243 e. The molecular formula is C13H19ClN2O2S2. The molecule has 4 nitrogen and oxygen atoms in total. The SMILES string of the molecule is CC(C)CN(CCC(N)=S)S(=O)(=O)c1ccc(Cl)cc1. The highest BCUT2D eigenvalue weighted by molar-refractivity contribution is 7.89. The highest BCUT2D eigenvalue weighted by atomic mass is 35.5. The maximum atomic E-state index is 12.6. The van der Waals surface area contributed by atoms with Crippen LogP contribution in [0.2, 0.25) is 5.02 Å². The molecule has 0 heterocycles. The van der Waals surface area contributed by atoms with Gasteiger partial charge < -0.3 is 5.73 Å². The van der Waals surface area contributed by atoms with Crippen LogP contribution in [0.1, 0.15) is 20.3 Å². The van der Waals surface area contributed by atoms with E-state index in [1.54, 1.807) is 12.1 Å². The molecule has 1 aromatic rings. The quantitative estimate of drug-likeness (QED) is 0.779. The molecule has 0 saturated heterocycles. The topological polar surface area (TPSA) is 63.4 Å². The number of thiocarbonyl (C=S) groups is 1. The highest BCUT2D eigenvalue weighted by Crippen LogP contribution is 2.19. The van der Waals surface area contributed by atoms with E-state index in [1.807, 2.05) is 13.8 Å². The molecule has 1 aromatic carbocycles. The molecule has 0 amide bonds. The summed E-state index contributed by atoms with van der Waals surface area (Å²) >= 11 is 10.6. The summed E-state index contributed by atoms with van der Waals surface area (Å²) in [7, 11) is -3.55. The third kappa shape index (κ3) is 5.01. The van der Waals surface area contributed by atoms with E-state index in [0.29, 0.717) is 29.5 Å².